The SMILES string of the molecule is CCC(Sc1nnc2c(=O)n(-c3ccc(F)cc3)ccn12)C(=O)Nc1ccccc1C. The van der Waals surface area contributed by atoms with E-state index in [1.807, 2.05) is 38.1 Å². The second-order valence-electron chi connectivity index (χ2n) is 6.94. The number of nitrogens with one attached hydrogen (secondary N) is 1. The predicted molar refractivity (Wildman–Crippen MR) is 118 cm³/mol. The quantitative estimate of drug-likeness (QED) is 0.464. The molecule has 9 heteroatoms. The van der Waals surface area contributed by atoms with E-state index in [2.05, 4.69) is 15.5 Å². The average molecular weight is 438 g/mol. The van der Waals surface area contributed by atoms with Gasteiger partial charge in [0.2, 0.25) is 11.6 Å². The molecular weight excluding hydrogens is 417 g/mol. The molecule has 2 aromatic heterocycles. The first kappa shape index (κ1) is 20.8. The Morgan fingerprint density at radius 1 is 1.13 bits per heavy atom. The fourth-order valence-corrected chi connectivity index (χ4v) is 4.06. The summed E-state index contributed by atoms with van der Waals surface area (Å²) in [5.74, 6) is -0.521. The number of benzene rings is 2. The maximum absolute atomic E-state index is 13.2. The Hall–Kier alpha value is -3.46. The van der Waals surface area contributed by atoms with E-state index in [1.165, 1.54) is 40.6 Å². The molecule has 158 valence electrons. The number of halogens is 1. The third-order valence-electron chi connectivity index (χ3n) is 4.86. The van der Waals surface area contributed by atoms with Crippen LogP contribution in [0.1, 0.15) is 18.9 Å². The largest absolute Gasteiger partial charge is 0.325 e. The van der Waals surface area contributed by atoms with Crippen LogP contribution in [0.5, 0.6) is 0 Å². The second kappa shape index (κ2) is 8.73. The van der Waals surface area contributed by atoms with Crippen molar-refractivity contribution in [2.45, 2.75) is 30.7 Å². The third-order valence-corrected chi connectivity index (χ3v) is 6.18. The molecular formula is C22H20FN5O2S. The highest BCUT2D eigenvalue weighted by molar-refractivity contribution is 8.00. The number of fused-ring (bicyclic) bond motifs is 1. The van der Waals surface area contributed by atoms with E-state index < -0.39 is 5.25 Å². The van der Waals surface area contributed by atoms with Crippen molar-refractivity contribution >= 4 is 29.0 Å². The summed E-state index contributed by atoms with van der Waals surface area (Å²) in [6, 6.07) is 13.2. The van der Waals surface area contributed by atoms with E-state index >= 15 is 0 Å². The molecule has 1 atom stereocenters. The van der Waals surface area contributed by atoms with Gasteiger partial charge in [-0.05, 0) is 49.2 Å². The number of hydrogen-bond acceptors (Lipinski definition) is 5. The van der Waals surface area contributed by atoms with Gasteiger partial charge in [0, 0.05) is 23.8 Å². The van der Waals surface area contributed by atoms with Gasteiger partial charge in [-0.1, -0.05) is 36.9 Å². The zero-order chi connectivity index (χ0) is 22.0. The minimum Gasteiger partial charge on any atom is -0.325 e. The van der Waals surface area contributed by atoms with Gasteiger partial charge in [0.1, 0.15) is 5.82 Å². The van der Waals surface area contributed by atoms with Gasteiger partial charge in [-0.15, -0.1) is 10.2 Å². The fraction of sp³-hybridized carbons (Fsp3) is 0.182. The van der Waals surface area contributed by atoms with Gasteiger partial charge >= 0.3 is 5.56 Å². The van der Waals surface area contributed by atoms with Crippen LogP contribution in [-0.4, -0.2) is 30.3 Å². The highest BCUT2D eigenvalue weighted by Crippen LogP contribution is 2.26. The molecule has 0 aliphatic carbocycles. The van der Waals surface area contributed by atoms with Gasteiger partial charge in [0.05, 0.1) is 5.25 Å². The number of aromatic nitrogens is 4. The van der Waals surface area contributed by atoms with E-state index in [1.54, 1.807) is 16.8 Å². The Bertz CT molecular complexity index is 1300. The Kier molecular flexibility index (Phi) is 5.85. The number of thioether (sulfide) groups is 1. The lowest BCUT2D eigenvalue weighted by Crippen LogP contribution is -2.25. The summed E-state index contributed by atoms with van der Waals surface area (Å²) in [7, 11) is 0. The maximum Gasteiger partial charge on any atom is 0.300 e. The summed E-state index contributed by atoms with van der Waals surface area (Å²) in [5.41, 5.74) is 2.01. The van der Waals surface area contributed by atoms with Crippen LogP contribution in [0.2, 0.25) is 0 Å². The van der Waals surface area contributed by atoms with Gasteiger partial charge in [-0.3, -0.25) is 18.6 Å². The van der Waals surface area contributed by atoms with Crippen molar-refractivity contribution in [1.29, 1.82) is 0 Å². The smallest absolute Gasteiger partial charge is 0.300 e. The molecule has 0 fully saturated rings. The molecule has 2 aromatic carbocycles. The van der Waals surface area contributed by atoms with Gasteiger partial charge in [0.25, 0.3) is 0 Å². The van der Waals surface area contributed by atoms with Crippen molar-refractivity contribution in [3.63, 3.8) is 0 Å². The number of anilines is 1. The number of hydrogen-bond donors (Lipinski definition) is 1. The highest BCUT2D eigenvalue weighted by atomic mass is 32.2. The van der Waals surface area contributed by atoms with Crippen LogP contribution in [0, 0.1) is 12.7 Å². The predicted octanol–water partition coefficient (Wildman–Crippen LogP) is 3.84. The number of carbonyl (C=O) groups excluding carboxylic acids is 1. The molecule has 0 aliphatic rings. The van der Waals surface area contributed by atoms with E-state index in [0.717, 1.165) is 11.3 Å². The lowest BCUT2D eigenvalue weighted by molar-refractivity contribution is -0.115. The number of nitrogens with zero attached hydrogens (tertiary/aromatic N) is 4. The summed E-state index contributed by atoms with van der Waals surface area (Å²) in [4.78, 5) is 25.7. The molecule has 1 N–H and O–H groups in total. The van der Waals surface area contributed by atoms with Gasteiger partial charge in [-0.2, -0.15) is 0 Å². The number of para-hydroxylation sites is 1. The lowest BCUT2D eigenvalue weighted by atomic mass is 10.2. The highest BCUT2D eigenvalue weighted by Gasteiger charge is 2.22. The monoisotopic (exact) mass is 437 g/mol. The second-order valence-corrected chi connectivity index (χ2v) is 8.11. The number of rotatable bonds is 6. The van der Waals surface area contributed by atoms with Crippen LogP contribution < -0.4 is 10.9 Å². The average Bonchev–Trinajstić information content (AvgIpc) is 3.18. The van der Waals surface area contributed by atoms with Crippen LogP contribution >= 0.6 is 11.8 Å². The van der Waals surface area contributed by atoms with E-state index in [4.69, 9.17) is 0 Å². The van der Waals surface area contributed by atoms with Crippen LogP contribution in [0.15, 0.2) is 70.9 Å². The molecule has 2 heterocycles. The van der Waals surface area contributed by atoms with Gasteiger partial charge in [-0.25, -0.2) is 4.39 Å². The zero-order valence-corrected chi connectivity index (χ0v) is 17.8. The molecule has 1 amide bonds. The van der Waals surface area contributed by atoms with Crippen molar-refractivity contribution in [2.75, 3.05) is 5.32 Å². The molecule has 0 aliphatic heterocycles. The van der Waals surface area contributed by atoms with Crippen molar-refractivity contribution in [3.05, 3.63) is 82.7 Å². The summed E-state index contributed by atoms with van der Waals surface area (Å²) in [6.45, 7) is 3.85. The topological polar surface area (TPSA) is 81.3 Å². The standard InChI is InChI=1S/C22H20FN5O2S/c1-3-18(20(29)24-17-7-5-4-6-14(17)2)31-22-26-25-19-21(30)27(12-13-28(19)22)16-10-8-15(23)9-11-16/h4-13,18H,3H2,1-2H3,(H,24,29). The molecule has 1 unspecified atom stereocenters. The first-order valence-electron chi connectivity index (χ1n) is 9.73. The fourth-order valence-electron chi connectivity index (χ4n) is 3.13. The molecule has 0 spiro atoms. The normalized spacial score (nSPS) is 12.1. The van der Waals surface area contributed by atoms with Crippen LogP contribution in [0.4, 0.5) is 10.1 Å². The van der Waals surface area contributed by atoms with Crippen molar-refractivity contribution < 1.29 is 9.18 Å². The molecule has 31 heavy (non-hydrogen) atoms. The Morgan fingerprint density at radius 3 is 2.58 bits per heavy atom. The molecule has 4 aromatic rings. The van der Waals surface area contributed by atoms with Crippen LogP contribution in [0.3, 0.4) is 0 Å². The maximum atomic E-state index is 13.2. The number of carbonyl (C=O) groups is 1. The Balaban J connectivity index is 1.60. The Labute approximate surface area is 181 Å². The summed E-state index contributed by atoms with van der Waals surface area (Å²) in [5, 5.41) is 11.1. The summed E-state index contributed by atoms with van der Waals surface area (Å²) >= 11 is 1.25. The number of amides is 1. The number of aryl methyl sites for hydroxylation is 1. The van der Waals surface area contributed by atoms with Crippen LogP contribution in [-0.2, 0) is 4.79 Å². The van der Waals surface area contributed by atoms with Gasteiger partial charge < -0.3 is 5.32 Å². The minimum absolute atomic E-state index is 0.128. The molecule has 0 radical (unpaired) electrons. The van der Waals surface area contributed by atoms with Crippen molar-refractivity contribution in [2.24, 2.45) is 0 Å². The summed E-state index contributed by atoms with van der Waals surface area (Å²) in [6.07, 6.45) is 3.81. The van der Waals surface area contributed by atoms with Crippen molar-refractivity contribution in [3.8, 4) is 5.69 Å². The van der Waals surface area contributed by atoms with Crippen molar-refractivity contribution in [1.82, 2.24) is 19.2 Å². The first-order valence-corrected chi connectivity index (χ1v) is 10.6. The van der Waals surface area contributed by atoms with E-state index in [0.29, 0.717) is 17.3 Å². The molecule has 4 rings (SSSR count). The van der Waals surface area contributed by atoms with Gasteiger partial charge in [0.15, 0.2) is 5.16 Å². The minimum atomic E-state index is -0.411. The zero-order valence-electron chi connectivity index (χ0n) is 16.9. The molecule has 0 bridgehead atoms. The van der Waals surface area contributed by atoms with E-state index in [-0.39, 0.29) is 22.9 Å². The molecule has 0 saturated carbocycles. The first-order chi connectivity index (χ1) is 15.0. The molecule has 7 nitrogen and oxygen atoms in total. The Morgan fingerprint density at radius 2 is 1.87 bits per heavy atom. The van der Waals surface area contributed by atoms with Crippen LogP contribution in [0.25, 0.3) is 11.3 Å². The third kappa shape index (κ3) is 4.22. The van der Waals surface area contributed by atoms with E-state index in [9.17, 15) is 14.0 Å². The molecule has 0 saturated heterocycles. The lowest BCUT2D eigenvalue weighted by Gasteiger charge is -2.15. The summed E-state index contributed by atoms with van der Waals surface area (Å²) < 4.78 is 16.1.